The Bertz CT molecular complexity index is 1380. The first-order valence-electron chi connectivity index (χ1n) is 15.7. The first-order chi connectivity index (χ1) is 22.0. The van der Waals surface area contributed by atoms with Crippen molar-refractivity contribution in [1.82, 2.24) is 15.6 Å². The third-order valence-electron chi connectivity index (χ3n) is 8.23. The molecule has 3 N–H and O–H groups in total. The topological polar surface area (TPSA) is 102 Å². The predicted octanol–water partition coefficient (Wildman–Crippen LogP) is 6.36. The normalized spacial score (nSPS) is 16.7. The van der Waals surface area contributed by atoms with Gasteiger partial charge in [0.1, 0.15) is 24.1 Å². The van der Waals surface area contributed by atoms with Crippen LogP contribution in [-0.4, -0.2) is 54.9 Å². The van der Waals surface area contributed by atoms with Gasteiger partial charge in [-0.2, -0.15) is 0 Å². The molecule has 4 rings (SSSR count). The number of carbonyl (C=O) groups is 2. The second kappa shape index (κ2) is 16.6. The Morgan fingerprint density at radius 3 is 2.11 bits per heavy atom. The summed E-state index contributed by atoms with van der Waals surface area (Å²) >= 11 is 0. The van der Waals surface area contributed by atoms with Gasteiger partial charge >= 0.3 is 6.09 Å². The predicted molar refractivity (Wildman–Crippen MR) is 170 cm³/mol. The van der Waals surface area contributed by atoms with Crippen LogP contribution in [0.15, 0.2) is 60.9 Å². The van der Waals surface area contributed by atoms with Gasteiger partial charge in [-0.15, -0.1) is 0 Å². The quantitative estimate of drug-likeness (QED) is 0.201. The highest BCUT2D eigenvalue weighted by atomic mass is 19.1. The fraction of sp³-hybridized carbons (Fsp3) is 0.457. The van der Waals surface area contributed by atoms with Gasteiger partial charge in [0.25, 0.3) is 0 Å². The summed E-state index contributed by atoms with van der Waals surface area (Å²) in [6, 6.07) is 11.4. The summed E-state index contributed by atoms with van der Waals surface area (Å²) in [5.41, 5.74) is 1.92. The number of aromatic nitrogens is 1. The molecule has 0 radical (unpaired) electrons. The second-order valence-electron chi connectivity index (χ2n) is 12.4. The number of anilines is 1. The number of ether oxygens (including phenoxy) is 2. The Labute approximate surface area is 268 Å². The summed E-state index contributed by atoms with van der Waals surface area (Å²) in [4.78, 5) is 29.5. The Kier molecular flexibility index (Phi) is 12.6. The number of carbonyl (C=O) groups excluding carboxylic acids is 2. The van der Waals surface area contributed by atoms with Gasteiger partial charge in [0.15, 0.2) is 0 Å². The summed E-state index contributed by atoms with van der Waals surface area (Å²) < 4.78 is 53.6. The van der Waals surface area contributed by atoms with Gasteiger partial charge in [0.05, 0.1) is 36.8 Å². The Morgan fingerprint density at radius 1 is 0.957 bits per heavy atom. The maximum Gasteiger partial charge on any atom is 0.407 e. The second-order valence-corrected chi connectivity index (χ2v) is 12.4. The maximum absolute atomic E-state index is 15.0. The van der Waals surface area contributed by atoms with Crippen LogP contribution in [0.1, 0.15) is 63.1 Å². The summed E-state index contributed by atoms with van der Waals surface area (Å²) in [6.45, 7) is 9.19. The van der Waals surface area contributed by atoms with Crippen LogP contribution in [-0.2, 0) is 20.7 Å². The smallest absolute Gasteiger partial charge is 0.407 e. The molecule has 1 saturated heterocycles. The first kappa shape index (κ1) is 34.9. The van der Waals surface area contributed by atoms with E-state index in [0.29, 0.717) is 36.3 Å². The van der Waals surface area contributed by atoms with Crippen molar-refractivity contribution >= 4 is 17.7 Å². The molecule has 248 valence electrons. The van der Waals surface area contributed by atoms with E-state index in [0.717, 1.165) is 6.20 Å². The number of rotatable bonds is 13. The average Bonchev–Trinajstić information content (AvgIpc) is 3.02. The number of hydrogen-bond acceptors (Lipinski definition) is 6. The molecule has 1 aliphatic rings. The molecule has 0 unspecified atom stereocenters. The van der Waals surface area contributed by atoms with Crippen LogP contribution in [0.25, 0.3) is 0 Å². The van der Waals surface area contributed by atoms with Crippen molar-refractivity contribution in [2.24, 2.45) is 11.8 Å². The van der Waals surface area contributed by atoms with Crippen molar-refractivity contribution in [2.45, 2.75) is 71.1 Å². The highest BCUT2D eigenvalue weighted by Gasteiger charge is 2.26. The molecule has 2 heterocycles. The van der Waals surface area contributed by atoms with E-state index < -0.39 is 35.4 Å². The molecule has 0 aliphatic carbocycles. The van der Waals surface area contributed by atoms with Gasteiger partial charge in [-0.3, -0.25) is 9.78 Å². The molecule has 1 fully saturated rings. The number of hydrogen-bond donors (Lipinski definition) is 3. The number of nitrogens with zero attached hydrogens (tertiary/aromatic N) is 1. The molecule has 0 bridgehead atoms. The Morgan fingerprint density at radius 2 is 1.57 bits per heavy atom. The van der Waals surface area contributed by atoms with Crippen molar-refractivity contribution in [3.63, 3.8) is 0 Å². The summed E-state index contributed by atoms with van der Waals surface area (Å²) in [5, 5.41) is 9.05. The average molecular weight is 641 g/mol. The summed E-state index contributed by atoms with van der Waals surface area (Å²) in [6.07, 6.45) is 2.55. The van der Waals surface area contributed by atoms with Crippen molar-refractivity contribution in [3.8, 4) is 0 Å². The number of alkyl carbamates (subject to hydrolysis) is 1. The zero-order valence-corrected chi connectivity index (χ0v) is 26.7. The molecule has 1 aliphatic heterocycles. The van der Waals surface area contributed by atoms with Crippen LogP contribution < -0.4 is 16.0 Å². The van der Waals surface area contributed by atoms with E-state index >= 15 is 0 Å². The number of nitrogens with one attached hydrogen (secondary N) is 3. The molecule has 46 heavy (non-hydrogen) atoms. The van der Waals surface area contributed by atoms with E-state index in [-0.39, 0.29) is 55.2 Å². The minimum atomic E-state index is -0.548. The van der Waals surface area contributed by atoms with Gasteiger partial charge in [0, 0.05) is 30.5 Å². The molecule has 0 saturated carbocycles. The lowest BCUT2D eigenvalue weighted by Crippen LogP contribution is -2.50. The van der Waals surface area contributed by atoms with E-state index in [4.69, 9.17) is 9.47 Å². The van der Waals surface area contributed by atoms with Gasteiger partial charge in [-0.25, -0.2) is 18.0 Å². The molecule has 11 heteroatoms. The molecule has 8 nitrogen and oxygen atoms in total. The molecule has 0 spiro atoms. The molecule has 2 amide bonds. The Hall–Kier alpha value is -3.96. The molecule has 1 aromatic heterocycles. The zero-order valence-electron chi connectivity index (χ0n) is 26.7. The van der Waals surface area contributed by atoms with Crippen LogP contribution >= 0.6 is 0 Å². The monoisotopic (exact) mass is 640 g/mol. The van der Waals surface area contributed by atoms with Crippen LogP contribution in [0.3, 0.4) is 0 Å². The van der Waals surface area contributed by atoms with E-state index in [1.807, 2.05) is 0 Å². The molecular formula is C35H43F3N4O4. The van der Waals surface area contributed by atoms with E-state index in [1.165, 1.54) is 30.5 Å². The molecular weight excluding hydrogens is 597 g/mol. The van der Waals surface area contributed by atoms with Crippen molar-refractivity contribution in [1.29, 1.82) is 0 Å². The SMILES string of the molecule is CC(C)C(NC(=O)OC[C@@H]1CO[C@H](CCc2c(F)cncc2NC(=O)CC(c2ccc(F)cc2)c2ccc(F)cc2)CN1)C(C)C. The van der Waals surface area contributed by atoms with Crippen molar-refractivity contribution in [2.75, 3.05) is 25.1 Å². The van der Waals surface area contributed by atoms with Gasteiger partial charge in [0.2, 0.25) is 5.91 Å². The fourth-order valence-corrected chi connectivity index (χ4v) is 5.75. The number of halogens is 3. The fourth-order valence-electron chi connectivity index (χ4n) is 5.75. The zero-order chi connectivity index (χ0) is 33.2. The largest absolute Gasteiger partial charge is 0.448 e. The summed E-state index contributed by atoms with van der Waals surface area (Å²) in [5.74, 6) is -1.69. The lowest BCUT2D eigenvalue weighted by molar-refractivity contribution is -0.116. The molecule has 2 aromatic carbocycles. The minimum Gasteiger partial charge on any atom is -0.448 e. The van der Waals surface area contributed by atoms with E-state index in [9.17, 15) is 22.8 Å². The third-order valence-corrected chi connectivity index (χ3v) is 8.23. The third kappa shape index (κ3) is 10.0. The van der Waals surface area contributed by atoms with Crippen LogP contribution in [0.4, 0.5) is 23.7 Å². The van der Waals surface area contributed by atoms with Gasteiger partial charge in [-0.1, -0.05) is 52.0 Å². The molecule has 2 atom stereocenters. The standard InChI is InChI=1S/C35H43F3N4O4/c1-21(2)34(22(3)4)42-35(44)46-20-27-19-45-28(16-40-27)13-14-29-31(38)17-39-18-32(29)41-33(43)15-30(23-5-9-25(36)10-6-23)24-7-11-26(37)12-8-24/h5-12,17-18,21-22,27-28,30,34,40H,13-16,19-20H2,1-4H3,(H,41,43)(H,42,44)/t27-,28+/m0/s1. The van der Waals surface area contributed by atoms with Gasteiger partial charge < -0.3 is 25.4 Å². The highest BCUT2D eigenvalue weighted by Crippen LogP contribution is 2.30. The van der Waals surface area contributed by atoms with E-state index in [1.54, 1.807) is 24.3 Å². The van der Waals surface area contributed by atoms with Crippen LogP contribution in [0.5, 0.6) is 0 Å². The lowest BCUT2D eigenvalue weighted by atomic mass is 9.88. The lowest BCUT2D eigenvalue weighted by Gasteiger charge is -2.31. The van der Waals surface area contributed by atoms with Crippen LogP contribution in [0.2, 0.25) is 0 Å². The Balaban J connectivity index is 1.31. The highest BCUT2D eigenvalue weighted by molar-refractivity contribution is 5.92. The van der Waals surface area contributed by atoms with Crippen molar-refractivity contribution < 1.29 is 32.2 Å². The minimum absolute atomic E-state index is 0.0155. The van der Waals surface area contributed by atoms with E-state index in [2.05, 4.69) is 48.6 Å². The number of amides is 2. The number of morpholine rings is 1. The van der Waals surface area contributed by atoms with Gasteiger partial charge in [-0.05, 0) is 60.1 Å². The number of pyridine rings is 1. The van der Waals surface area contributed by atoms with Crippen molar-refractivity contribution in [3.05, 3.63) is 95.1 Å². The number of benzene rings is 2. The summed E-state index contributed by atoms with van der Waals surface area (Å²) in [7, 11) is 0. The molecule has 3 aromatic rings. The maximum atomic E-state index is 15.0. The first-order valence-corrected chi connectivity index (χ1v) is 15.7. The van der Waals surface area contributed by atoms with Crippen LogP contribution in [0, 0.1) is 29.3 Å².